The molecule has 0 unspecified atom stereocenters. The molecule has 3 heterocycles. The van der Waals surface area contributed by atoms with E-state index in [2.05, 4.69) is 69.5 Å². The van der Waals surface area contributed by atoms with Crippen LogP contribution in [0, 0.1) is 6.92 Å². The van der Waals surface area contributed by atoms with E-state index in [1.54, 1.807) is 0 Å². The minimum atomic E-state index is -0.192. The molecule has 3 fully saturated rings. The number of benzene rings is 1. The fourth-order valence-electron chi connectivity index (χ4n) is 5.47. The maximum atomic E-state index is 13.1. The van der Waals surface area contributed by atoms with Gasteiger partial charge in [0.25, 0.3) is 0 Å². The number of urea groups is 1. The summed E-state index contributed by atoms with van der Waals surface area (Å²) in [6.07, 6.45) is 6.93. The first kappa shape index (κ1) is 20.2. The molecule has 1 saturated carbocycles. The molecule has 1 aromatic heterocycles. The zero-order valence-electron chi connectivity index (χ0n) is 18.8. The van der Waals surface area contributed by atoms with Crippen LogP contribution in [0.4, 0.5) is 16.3 Å². The molecule has 3 aliphatic rings. The summed E-state index contributed by atoms with van der Waals surface area (Å²) in [6.45, 7) is 4.57. The van der Waals surface area contributed by atoms with Crippen LogP contribution in [0.1, 0.15) is 43.5 Å². The minimum absolute atomic E-state index is 0.0143. The Morgan fingerprint density at radius 3 is 2.39 bits per heavy atom. The molecule has 0 bridgehead atoms. The van der Waals surface area contributed by atoms with Crippen LogP contribution in [0.3, 0.4) is 0 Å². The van der Waals surface area contributed by atoms with Gasteiger partial charge in [-0.25, -0.2) is 14.8 Å². The lowest BCUT2D eigenvalue weighted by Gasteiger charge is -2.48. The molecule has 0 atom stereocenters. The number of aryl methyl sites for hydroxylation is 1. The number of hydrogen-bond acceptors (Lipinski definition) is 5. The zero-order chi connectivity index (χ0) is 21.6. The molecule has 1 aliphatic carbocycles. The van der Waals surface area contributed by atoms with E-state index in [0.29, 0.717) is 6.54 Å². The fraction of sp³-hybridized carbons (Fsp3) is 0.542. The minimum Gasteiger partial charge on any atom is -0.355 e. The monoisotopic (exact) mass is 420 g/mol. The lowest BCUT2D eigenvalue weighted by molar-refractivity contribution is 0.0658. The summed E-state index contributed by atoms with van der Waals surface area (Å²) in [5.41, 5.74) is 2.03. The van der Waals surface area contributed by atoms with Crippen molar-refractivity contribution in [1.29, 1.82) is 0 Å². The second-order valence-electron chi connectivity index (χ2n) is 9.56. The van der Waals surface area contributed by atoms with Gasteiger partial charge in [-0.2, -0.15) is 0 Å². The predicted molar refractivity (Wildman–Crippen MR) is 122 cm³/mol. The number of rotatable bonds is 4. The van der Waals surface area contributed by atoms with E-state index in [-0.39, 0.29) is 17.1 Å². The van der Waals surface area contributed by atoms with E-state index in [9.17, 15) is 4.79 Å². The Balaban J connectivity index is 1.39. The van der Waals surface area contributed by atoms with Gasteiger partial charge in [0.15, 0.2) is 5.82 Å². The molecule has 0 radical (unpaired) electrons. The summed E-state index contributed by atoms with van der Waals surface area (Å²) in [7, 11) is 4.35. The lowest BCUT2D eigenvalue weighted by atomic mass is 9.69. The maximum absolute atomic E-state index is 13.1. The van der Waals surface area contributed by atoms with E-state index < -0.39 is 0 Å². The Morgan fingerprint density at radius 1 is 1.06 bits per heavy atom. The van der Waals surface area contributed by atoms with Crippen molar-refractivity contribution in [1.82, 2.24) is 20.2 Å². The third-order valence-electron chi connectivity index (χ3n) is 7.60. The van der Waals surface area contributed by atoms with E-state index in [4.69, 9.17) is 0 Å². The number of nitrogens with one attached hydrogen (secondary N) is 1. The average molecular weight is 421 g/mol. The number of aromatic nitrogens is 2. The van der Waals surface area contributed by atoms with Gasteiger partial charge in [0.05, 0.1) is 18.3 Å². The highest BCUT2D eigenvalue weighted by Crippen LogP contribution is 2.47. The van der Waals surface area contributed by atoms with Crippen molar-refractivity contribution < 1.29 is 4.79 Å². The predicted octanol–water partition coefficient (Wildman–Crippen LogP) is 3.29. The van der Waals surface area contributed by atoms with Crippen LogP contribution in [-0.2, 0) is 5.54 Å². The van der Waals surface area contributed by atoms with Crippen LogP contribution >= 0.6 is 0 Å². The van der Waals surface area contributed by atoms with Gasteiger partial charge in [0.2, 0.25) is 0 Å². The summed E-state index contributed by atoms with van der Waals surface area (Å²) in [5.74, 6) is 1.64. The van der Waals surface area contributed by atoms with Crippen LogP contribution in [-0.4, -0.2) is 60.2 Å². The maximum Gasteiger partial charge on any atom is 0.322 e. The molecule has 5 rings (SSSR count). The molecule has 7 heteroatoms. The van der Waals surface area contributed by atoms with E-state index in [1.807, 2.05) is 18.0 Å². The molecule has 31 heavy (non-hydrogen) atoms. The Labute approximate surface area is 184 Å². The number of carbonyl (C=O) groups is 1. The molecular formula is C24H32N6O. The lowest BCUT2D eigenvalue weighted by Crippen LogP contribution is -2.54. The number of hydrogen-bond donors (Lipinski definition) is 1. The molecule has 2 amide bonds. The SMILES string of the molecule is Cc1ncc(N2CC3(CCC(c4ccccc4)(N(C)C)CC3)NC2=O)c(N2CCC2)n1. The first-order chi connectivity index (χ1) is 14.9. The van der Waals surface area contributed by atoms with E-state index in [1.165, 1.54) is 12.0 Å². The van der Waals surface area contributed by atoms with Crippen LogP contribution in [0.25, 0.3) is 0 Å². The van der Waals surface area contributed by atoms with E-state index >= 15 is 0 Å². The Hall–Kier alpha value is -2.67. The van der Waals surface area contributed by atoms with Crippen LogP contribution in [0.2, 0.25) is 0 Å². The van der Waals surface area contributed by atoms with Gasteiger partial charge in [0.1, 0.15) is 11.5 Å². The summed E-state index contributed by atoms with van der Waals surface area (Å²) >= 11 is 0. The van der Waals surface area contributed by atoms with Crippen LogP contribution in [0.15, 0.2) is 36.5 Å². The molecule has 2 aliphatic heterocycles. The van der Waals surface area contributed by atoms with Crippen molar-refractivity contribution in [3.05, 3.63) is 47.9 Å². The van der Waals surface area contributed by atoms with Gasteiger partial charge in [-0.15, -0.1) is 0 Å². The normalized spacial score (nSPS) is 28.2. The molecule has 1 aromatic carbocycles. The highest BCUT2D eigenvalue weighted by atomic mass is 16.2. The number of carbonyl (C=O) groups excluding carboxylic acids is 1. The molecule has 2 aromatic rings. The quantitative estimate of drug-likeness (QED) is 0.822. The van der Waals surface area contributed by atoms with Crippen molar-refractivity contribution >= 4 is 17.5 Å². The Bertz CT molecular complexity index is 963. The van der Waals surface area contributed by atoms with Gasteiger partial charge < -0.3 is 10.2 Å². The Morgan fingerprint density at radius 2 is 1.77 bits per heavy atom. The highest BCUT2D eigenvalue weighted by Gasteiger charge is 2.50. The third kappa shape index (κ3) is 3.35. The van der Waals surface area contributed by atoms with Gasteiger partial charge in [0, 0.05) is 18.6 Å². The second kappa shape index (κ2) is 7.48. The van der Waals surface area contributed by atoms with Crippen molar-refractivity contribution in [3.63, 3.8) is 0 Å². The number of nitrogens with zero attached hydrogens (tertiary/aromatic N) is 5. The molecule has 1 N–H and O–H groups in total. The first-order valence-corrected chi connectivity index (χ1v) is 11.3. The molecule has 164 valence electrons. The summed E-state index contributed by atoms with van der Waals surface area (Å²) in [5, 5.41) is 3.36. The number of anilines is 2. The van der Waals surface area contributed by atoms with Crippen molar-refractivity contribution in [3.8, 4) is 0 Å². The van der Waals surface area contributed by atoms with Crippen LogP contribution in [0.5, 0.6) is 0 Å². The fourth-order valence-corrected chi connectivity index (χ4v) is 5.47. The summed E-state index contributed by atoms with van der Waals surface area (Å²) in [6, 6.07) is 10.8. The van der Waals surface area contributed by atoms with Crippen molar-refractivity contribution in [2.45, 2.75) is 50.1 Å². The van der Waals surface area contributed by atoms with Crippen LogP contribution < -0.4 is 15.1 Å². The van der Waals surface area contributed by atoms with Gasteiger partial charge >= 0.3 is 6.03 Å². The first-order valence-electron chi connectivity index (χ1n) is 11.3. The van der Waals surface area contributed by atoms with Gasteiger partial charge in [-0.3, -0.25) is 9.80 Å². The Kier molecular flexibility index (Phi) is 4.88. The molecular weight excluding hydrogens is 388 g/mol. The smallest absolute Gasteiger partial charge is 0.322 e. The van der Waals surface area contributed by atoms with Gasteiger partial charge in [-0.05, 0) is 58.7 Å². The number of amides is 2. The standard InChI is InChI=1S/C24H32N6O/c1-18-25-16-20(21(26-18)29-14-7-15-29)30-17-23(27-22(30)31)10-12-24(13-11-23,28(2)3)19-8-5-4-6-9-19/h4-6,8-9,16H,7,10-15,17H2,1-3H3,(H,27,31). The molecule has 7 nitrogen and oxygen atoms in total. The van der Waals surface area contributed by atoms with E-state index in [0.717, 1.165) is 56.1 Å². The average Bonchev–Trinajstić information content (AvgIpc) is 3.04. The highest BCUT2D eigenvalue weighted by molar-refractivity contribution is 5.98. The second-order valence-corrected chi connectivity index (χ2v) is 9.56. The third-order valence-corrected chi connectivity index (χ3v) is 7.60. The molecule has 2 saturated heterocycles. The summed E-state index contributed by atoms with van der Waals surface area (Å²) < 4.78 is 0. The topological polar surface area (TPSA) is 64.6 Å². The van der Waals surface area contributed by atoms with Crippen molar-refractivity contribution in [2.24, 2.45) is 0 Å². The van der Waals surface area contributed by atoms with Crippen molar-refractivity contribution in [2.75, 3.05) is 43.5 Å². The summed E-state index contributed by atoms with van der Waals surface area (Å²) in [4.78, 5) is 28.7. The molecule has 1 spiro atoms. The largest absolute Gasteiger partial charge is 0.355 e. The zero-order valence-corrected chi connectivity index (χ0v) is 18.8. The van der Waals surface area contributed by atoms with Gasteiger partial charge in [-0.1, -0.05) is 30.3 Å².